The van der Waals surface area contributed by atoms with Crippen molar-refractivity contribution in [1.29, 1.82) is 0 Å². The third-order valence-electron chi connectivity index (χ3n) is 3.77. The highest BCUT2D eigenvalue weighted by Crippen LogP contribution is 2.30. The number of alkyl halides is 6. The summed E-state index contributed by atoms with van der Waals surface area (Å²) in [6.45, 7) is 0.709. The van der Waals surface area contributed by atoms with Crippen molar-refractivity contribution in [3.8, 4) is 0 Å². The summed E-state index contributed by atoms with van der Waals surface area (Å²) < 4.78 is 75.3. The van der Waals surface area contributed by atoms with Crippen LogP contribution in [0, 0.1) is 0 Å². The van der Waals surface area contributed by atoms with Crippen LogP contribution in [-0.2, 0) is 6.18 Å². The summed E-state index contributed by atoms with van der Waals surface area (Å²) in [5.41, 5.74) is -0.958. The monoisotopic (exact) mass is 345 g/mol. The van der Waals surface area contributed by atoms with E-state index in [1.807, 2.05) is 0 Å². The zero-order valence-electron chi connectivity index (χ0n) is 12.1. The lowest BCUT2D eigenvalue weighted by Gasteiger charge is -2.33. The van der Waals surface area contributed by atoms with Gasteiger partial charge in [-0.1, -0.05) is 0 Å². The second-order valence-electron chi connectivity index (χ2n) is 5.68. The first-order valence-corrected chi connectivity index (χ1v) is 7.14. The first-order chi connectivity index (χ1) is 10.5. The molecule has 1 aromatic rings. The van der Waals surface area contributed by atoms with Gasteiger partial charge in [-0.15, -0.1) is 0 Å². The first kappa shape index (κ1) is 18.1. The molecule has 0 aromatic carbocycles. The maximum atomic E-state index is 12.5. The van der Waals surface area contributed by atoms with Crippen LogP contribution in [-0.4, -0.2) is 51.7 Å². The van der Waals surface area contributed by atoms with Crippen molar-refractivity contribution >= 4 is 0 Å². The molecule has 0 aliphatic carbocycles. The molecule has 0 unspecified atom stereocenters. The number of likely N-dealkylation sites (tertiary alicyclic amines) is 1. The van der Waals surface area contributed by atoms with E-state index >= 15 is 0 Å². The number of halogens is 6. The van der Waals surface area contributed by atoms with Crippen molar-refractivity contribution in [3.05, 3.63) is 18.0 Å². The van der Waals surface area contributed by atoms with E-state index in [0.29, 0.717) is 25.9 Å². The minimum Gasteiger partial charge on any atom is -0.391 e. The molecule has 0 spiro atoms. The van der Waals surface area contributed by atoms with E-state index in [0.717, 1.165) is 6.07 Å². The Morgan fingerprint density at radius 3 is 2.26 bits per heavy atom. The van der Waals surface area contributed by atoms with E-state index in [2.05, 4.69) is 5.10 Å². The van der Waals surface area contributed by atoms with Gasteiger partial charge in [-0.05, 0) is 18.9 Å². The summed E-state index contributed by atoms with van der Waals surface area (Å²) in [7, 11) is 0. The quantitative estimate of drug-likeness (QED) is 0.854. The highest BCUT2D eigenvalue weighted by atomic mass is 19.4. The number of aromatic nitrogens is 2. The lowest BCUT2D eigenvalue weighted by Crippen LogP contribution is -2.40. The first-order valence-electron chi connectivity index (χ1n) is 7.14. The number of aliphatic hydroxyl groups is 1. The molecule has 0 amide bonds. The van der Waals surface area contributed by atoms with Gasteiger partial charge in [-0.3, -0.25) is 4.68 Å². The number of β-amino-alcohol motifs (C(OH)–C–C–N with tert-alkyl or cyclic N) is 1. The van der Waals surface area contributed by atoms with E-state index in [1.54, 1.807) is 4.90 Å². The minimum atomic E-state index is -4.49. The van der Waals surface area contributed by atoms with E-state index in [1.165, 1.54) is 10.9 Å². The molecular formula is C13H17F6N3O. The van der Waals surface area contributed by atoms with E-state index < -0.39 is 30.6 Å². The Balaban J connectivity index is 1.83. The van der Waals surface area contributed by atoms with Gasteiger partial charge in [0.25, 0.3) is 0 Å². The fraction of sp³-hybridized carbons (Fsp3) is 0.769. The van der Waals surface area contributed by atoms with Crippen molar-refractivity contribution in [2.75, 3.05) is 19.6 Å². The Bertz CT molecular complexity index is 505. The van der Waals surface area contributed by atoms with Crippen LogP contribution >= 0.6 is 0 Å². The van der Waals surface area contributed by atoms with E-state index in [4.69, 9.17) is 0 Å². The Labute approximate surface area is 128 Å². The molecular weight excluding hydrogens is 328 g/mol. The van der Waals surface area contributed by atoms with Crippen molar-refractivity contribution in [3.63, 3.8) is 0 Å². The summed E-state index contributed by atoms with van der Waals surface area (Å²) in [4.78, 5) is 1.68. The molecule has 4 nitrogen and oxygen atoms in total. The van der Waals surface area contributed by atoms with Crippen LogP contribution < -0.4 is 0 Å². The lowest BCUT2D eigenvalue weighted by atomic mass is 10.0. The molecule has 0 bridgehead atoms. The number of hydrogen-bond donors (Lipinski definition) is 1. The molecule has 1 aromatic heterocycles. The predicted molar refractivity (Wildman–Crippen MR) is 68.6 cm³/mol. The normalized spacial score (nSPS) is 20.0. The maximum Gasteiger partial charge on any atom is 0.435 e. The molecule has 132 valence electrons. The second kappa shape index (κ2) is 6.68. The molecule has 1 fully saturated rings. The fourth-order valence-electron chi connectivity index (χ4n) is 2.69. The summed E-state index contributed by atoms with van der Waals surface area (Å²) >= 11 is 0. The summed E-state index contributed by atoms with van der Waals surface area (Å²) in [5.74, 6) is 0. The molecule has 1 aliphatic heterocycles. The van der Waals surface area contributed by atoms with Gasteiger partial charge in [0, 0.05) is 25.8 Å². The number of hydrogen-bond acceptors (Lipinski definition) is 3. The van der Waals surface area contributed by atoms with Crippen molar-refractivity contribution in [2.24, 2.45) is 0 Å². The standard InChI is InChI=1S/C13H17F6N3O/c14-12(15,16)7-10(23)8-21-4-1-9(2-5-21)22-6-3-11(20-22)13(17,18)19/h3,6,9-10,23H,1-2,4-5,7-8H2/t10-/m1/s1. The van der Waals surface area contributed by atoms with Crippen molar-refractivity contribution in [1.82, 2.24) is 14.7 Å². The molecule has 2 heterocycles. The third kappa shape index (κ3) is 5.38. The molecule has 0 saturated carbocycles. The largest absolute Gasteiger partial charge is 0.435 e. The molecule has 1 atom stereocenters. The van der Waals surface area contributed by atoms with Gasteiger partial charge in [0.05, 0.1) is 18.6 Å². The van der Waals surface area contributed by atoms with Crippen LogP contribution in [0.3, 0.4) is 0 Å². The number of rotatable bonds is 4. The zero-order chi connectivity index (χ0) is 17.3. The molecule has 1 saturated heterocycles. The Kier molecular flexibility index (Phi) is 5.24. The Hall–Kier alpha value is -1.29. The van der Waals surface area contributed by atoms with E-state index in [9.17, 15) is 31.4 Å². The smallest absolute Gasteiger partial charge is 0.391 e. The highest BCUT2D eigenvalue weighted by molar-refractivity contribution is 5.04. The Morgan fingerprint density at radius 2 is 1.78 bits per heavy atom. The highest BCUT2D eigenvalue weighted by Gasteiger charge is 2.35. The molecule has 1 N–H and O–H groups in total. The summed E-state index contributed by atoms with van der Waals surface area (Å²) in [5, 5.41) is 12.9. The average molecular weight is 345 g/mol. The van der Waals surface area contributed by atoms with Crippen LogP contribution in [0.4, 0.5) is 26.3 Å². The predicted octanol–water partition coefficient (Wildman–Crippen LogP) is 2.85. The Morgan fingerprint density at radius 1 is 1.17 bits per heavy atom. The van der Waals surface area contributed by atoms with Gasteiger partial charge in [0.2, 0.25) is 0 Å². The number of aliphatic hydroxyl groups excluding tert-OH is 1. The topological polar surface area (TPSA) is 41.3 Å². The fourth-order valence-corrected chi connectivity index (χ4v) is 2.69. The SMILES string of the molecule is O[C@@H](CN1CCC(n2ccc(C(F)(F)F)n2)CC1)CC(F)(F)F. The molecule has 10 heteroatoms. The van der Waals surface area contributed by atoms with Gasteiger partial charge in [0.1, 0.15) is 0 Å². The summed E-state index contributed by atoms with van der Waals surface area (Å²) in [6.07, 6.45) is -9.46. The number of piperidine rings is 1. The minimum absolute atomic E-state index is 0.0981. The molecule has 0 radical (unpaired) electrons. The van der Waals surface area contributed by atoms with Crippen molar-refractivity contribution in [2.45, 2.75) is 43.8 Å². The zero-order valence-corrected chi connectivity index (χ0v) is 12.1. The van der Waals surface area contributed by atoms with Gasteiger partial charge in [0.15, 0.2) is 5.69 Å². The van der Waals surface area contributed by atoms with E-state index in [-0.39, 0.29) is 12.6 Å². The lowest BCUT2D eigenvalue weighted by molar-refractivity contribution is -0.155. The maximum absolute atomic E-state index is 12.5. The molecule has 23 heavy (non-hydrogen) atoms. The third-order valence-corrected chi connectivity index (χ3v) is 3.77. The molecule has 1 aliphatic rings. The van der Waals surface area contributed by atoms with Gasteiger partial charge >= 0.3 is 12.4 Å². The number of nitrogens with zero attached hydrogens (tertiary/aromatic N) is 3. The van der Waals surface area contributed by atoms with Crippen molar-refractivity contribution < 1.29 is 31.4 Å². The van der Waals surface area contributed by atoms with Gasteiger partial charge < -0.3 is 10.0 Å². The second-order valence-corrected chi connectivity index (χ2v) is 5.68. The van der Waals surface area contributed by atoms with Crippen LogP contribution in [0.5, 0.6) is 0 Å². The van der Waals surface area contributed by atoms with Gasteiger partial charge in [-0.25, -0.2) is 0 Å². The van der Waals surface area contributed by atoms with Gasteiger partial charge in [-0.2, -0.15) is 31.4 Å². The van der Waals surface area contributed by atoms with Crippen LogP contribution in [0.25, 0.3) is 0 Å². The average Bonchev–Trinajstić information content (AvgIpc) is 2.86. The van der Waals surface area contributed by atoms with Crippen LogP contribution in [0.2, 0.25) is 0 Å². The molecule has 2 rings (SSSR count). The summed E-state index contributed by atoms with van der Waals surface area (Å²) in [6, 6.07) is 0.682. The van der Waals surface area contributed by atoms with Crippen LogP contribution in [0.15, 0.2) is 12.3 Å². The van der Waals surface area contributed by atoms with Crippen LogP contribution in [0.1, 0.15) is 31.0 Å².